The van der Waals surface area contributed by atoms with Gasteiger partial charge in [0.15, 0.2) is 11.0 Å². The number of hydrogen-bond donors (Lipinski definition) is 2. The summed E-state index contributed by atoms with van der Waals surface area (Å²) >= 11 is 13.2. The lowest BCUT2D eigenvalue weighted by molar-refractivity contribution is -0.113. The van der Waals surface area contributed by atoms with E-state index >= 15 is 0 Å². The molecule has 0 saturated heterocycles. The van der Waals surface area contributed by atoms with E-state index in [0.29, 0.717) is 33.3 Å². The molecule has 3 aromatic rings. The zero-order valence-corrected chi connectivity index (χ0v) is 19.8. The maximum absolute atomic E-state index is 13.9. The lowest BCUT2D eigenvalue weighted by atomic mass is 10.2. The maximum atomic E-state index is 13.9. The lowest BCUT2D eigenvalue weighted by Crippen LogP contribution is -2.29. The number of nitrogens with zero attached hydrogens (tertiary/aromatic N) is 3. The predicted molar refractivity (Wildman–Crippen MR) is 128 cm³/mol. The first-order valence-corrected chi connectivity index (χ1v) is 11.5. The number of rotatable bonds is 9. The van der Waals surface area contributed by atoms with Crippen LogP contribution in [-0.4, -0.2) is 32.3 Å². The highest BCUT2D eigenvalue weighted by Crippen LogP contribution is 2.26. The summed E-state index contributed by atoms with van der Waals surface area (Å²) in [6.07, 6.45) is 1.65. The number of benzene rings is 2. The van der Waals surface area contributed by atoms with Gasteiger partial charge >= 0.3 is 0 Å². The van der Waals surface area contributed by atoms with Crippen LogP contribution >= 0.6 is 35.0 Å². The highest BCUT2D eigenvalue weighted by atomic mass is 35.5. The van der Waals surface area contributed by atoms with Crippen molar-refractivity contribution in [3.8, 4) is 0 Å². The molecule has 0 radical (unpaired) electrons. The number of allylic oxidation sites excluding steroid dienone is 1. The highest BCUT2D eigenvalue weighted by molar-refractivity contribution is 7.99. The molecule has 1 heterocycles. The van der Waals surface area contributed by atoms with Crippen molar-refractivity contribution in [2.24, 2.45) is 0 Å². The van der Waals surface area contributed by atoms with E-state index in [2.05, 4.69) is 27.4 Å². The third-order valence-electron chi connectivity index (χ3n) is 4.45. The second kappa shape index (κ2) is 11.3. The van der Waals surface area contributed by atoms with Crippen molar-refractivity contribution in [1.29, 1.82) is 0 Å². The quantitative estimate of drug-likeness (QED) is 0.309. The first-order valence-electron chi connectivity index (χ1n) is 9.77. The average molecular weight is 508 g/mol. The van der Waals surface area contributed by atoms with E-state index in [0.717, 1.165) is 11.8 Å². The van der Waals surface area contributed by atoms with Crippen molar-refractivity contribution < 1.29 is 14.0 Å². The Morgan fingerprint density at radius 3 is 2.73 bits per heavy atom. The van der Waals surface area contributed by atoms with Gasteiger partial charge in [0.25, 0.3) is 5.91 Å². The summed E-state index contributed by atoms with van der Waals surface area (Å²) in [6, 6.07) is 9.92. The molecule has 0 aliphatic rings. The molecule has 2 amide bonds. The minimum absolute atomic E-state index is 0.0358. The smallest absolute Gasteiger partial charge is 0.254 e. The van der Waals surface area contributed by atoms with E-state index in [9.17, 15) is 14.0 Å². The molecule has 1 atom stereocenters. The predicted octanol–water partition coefficient (Wildman–Crippen LogP) is 5.13. The van der Waals surface area contributed by atoms with E-state index in [-0.39, 0.29) is 17.2 Å². The Morgan fingerprint density at radius 1 is 1.24 bits per heavy atom. The number of thioether (sulfide) groups is 1. The number of halogens is 3. The van der Waals surface area contributed by atoms with Gasteiger partial charge in [-0.3, -0.25) is 9.59 Å². The topological polar surface area (TPSA) is 88.9 Å². The molecular weight excluding hydrogens is 488 g/mol. The fourth-order valence-electron chi connectivity index (χ4n) is 2.92. The number of amides is 2. The monoisotopic (exact) mass is 507 g/mol. The molecule has 7 nitrogen and oxygen atoms in total. The molecule has 172 valence electrons. The van der Waals surface area contributed by atoms with E-state index in [1.54, 1.807) is 41.8 Å². The van der Waals surface area contributed by atoms with Gasteiger partial charge < -0.3 is 15.2 Å². The molecular formula is C22H20Cl2FN5O2S. The van der Waals surface area contributed by atoms with Crippen LogP contribution < -0.4 is 10.6 Å². The first kappa shape index (κ1) is 24.8. The molecule has 2 aromatic carbocycles. The van der Waals surface area contributed by atoms with Gasteiger partial charge in [0.05, 0.1) is 28.1 Å². The van der Waals surface area contributed by atoms with E-state index < -0.39 is 17.8 Å². The largest absolute Gasteiger partial charge is 0.342 e. The molecule has 0 unspecified atom stereocenters. The van der Waals surface area contributed by atoms with E-state index in [1.807, 2.05) is 0 Å². The van der Waals surface area contributed by atoms with Crippen molar-refractivity contribution in [2.45, 2.75) is 24.7 Å². The summed E-state index contributed by atoms with van der Waals surface area (Å²) < 4.78 is 15.6. The van der Waals surface area contributed by atoms with Crippen molar-refractivity contribution in [2.75, 3.05) is 11.1 Å². The molecule has 1 aromatic heterocycles. The molecule has 3 rings (SSSR count). The summed E-state index contributed by atoms with van der Waals surface area (Å²) in [4.78, 5) is 24.8. The second-order valence-electron chi connectivity index (χ2n) is 6.88. The Bertz CT molecular complexity index is 1190. The summed E-state index contributed by atoms with van der Waals surface area (Å²) in [7, 11) is 0. The minimum Gasteiger partial charge on any atom is -0.342 e. The lowest BCUT2D eigenvalue weighted by Gasteiger charge is -2.15. The minimum atomic E-state index is -0.614. The van der Waals surface area contributed by atoms with Crippen LogP contribution in [0, 0.1) is 5.82 Å². The number of aromatic nitrogens is 3. The van der Waals surface area contributed by atoms with Crippen LogP contribution in [0.1, 0.15) is 29.1 Å². The van der Waals surface area contributed by atoms with Crippen molar-refractivity contribution in [1.82, 2.24) is 20.1 Å². The SMILES string of the molecule is C=CCn1c(SCC(=O)Nc2cc(Cl)ccc2Cl)nnc1[C@@H](C)NC(=O)c1ccccc1F. The number of carbonyl (C=O) groups excluding carboxylic acids is 2. The fraction of sp³-hybridized carbons (Fsp3) is 0.182. The zero-order valence-electron chi connectivity index (χ0n) is 17.5. The first-order chi connectivity index (χ1) is 15.8. The van der Waals surface area contributed by atoms with Crippen LogP contribution in [0.4, 0.5) is 10.1 Å². The molecule has 11 heteroatoms. The third-order valence-corrected chi connectivity index (χ3v) is 5.98. The molecule has 0 aliphatic heterocycles. The molecule has 0 aliphatic carbocycles. The van der Waals surface area contributed by atoms with Gasteiger partial charge in [0.2, 0.25) is 5.91 Å². The molecule has 0 fully saturated rings. The molecule has 0 saturated carbocycles. The Labute approximate surface area is 204 Å². The normalized spacial score (nSPS) is 11.6. The second-order valence-corrected chi connectivity index (χ2v) is 8.66. The van der Waals surface area contributed by atoms with Crippen LogP contribution in [0.2, 0.25) is 10.0 Å². The van der Waals surface area contributed by atoms with Crippen LogP contribution in [0.3, 0.4) is 0 Å². The Kier molecular flexibility index (Phi) is 8.49. The van der Waals surface area contributed by atoms with Gasteiger partial charge in [-0.15, -0.1) is 16.8 Å². The van der Waals surface area contributed by atoms with Gasteiger partial charge in [-0.1, -0.05) is 53.2 Å². The number of carbonyl (C=O) groups is 2. The Hall–Kier alpha value is -2.88. The molecule has 0 spiro atoms. The van der Waals surface area contributed by atoms with Crippen LogP contribution in [0.25, 0.3) is 0 Å². The van der Waals surface area contributed by atoms with Gasteiger partial charge in [0.1, 0.15) is 5.82 Å². The number of nitrogens with one attached hydrogen (secondary N) is 2. The van der Waals surface area contributed by atoms with Crippen molar-refractivity contribution >= 4 is 52.5 Å². The zero-order chi connectivity index (χ0) is 24.0. The fourth-order valence-corrected chi connectivity index (χ4v) is 4.01. The summed E-state index contributed by atoms with van der Waals surface area (Å²) in [5.74, 6) is -1.01. The standard InChI is InChI=1S/C22H20Cl2FN5O2S/c1-3-10-30-20(13(2)26-21(32)15-6-4-5-7-17(15)25)28-29-22(30)33-12-19(31)27-18-11-14(23)8-9-16(18)24/h3-9,11,13H,1,10,12H2,2H3,(H,26,32)(H,27,31)/t13-/m1/s1. The van der Waals surface area contributed by atoms with E-state index in [4.69, 9.17) is 23.2 Å². The van der Waals surface area contributed by atoms with Crippen LogP contribution in [-0.2, 0) is 11.3 Å². The maximum Gasteiger partial charge on any atom is 0.254 e. The summed E-state index contributed by atoms with van der Waals surface area (Å²) in [5, 5.41) is 15.0. The van der Waals surface area contributed by atoms with Crippen LogP contribution in [0.15, 0.2) is 60.3 Å². The van der Waals surface area contributed by atoms with Crippen LogP contribution in [0.5, 0.6) is 0 Å². The Morgan fingerprint density at radius 2 is 2.00 bits per heavy atom. The Balaban J connectivity index is 1.69. The van der Waals surface area contributed by atoms with Gasteiger partial charge in [-0.05, 0) is 37.3 Å². The van der Waals surface area contributed by atoms with Gasteiger partial charge in [-0.2, -0.15) is 0 Å². The summed E-state index contributed by atoms with van der Waals surface area (Å²) in [5.41, 5.74) is 0.345. The van der Waals surface area contributed by atoms with Gasteiger partial charge in [0, 0.05) is 11.6 Å². The molecule has 0 bridgehead atoms. The average Bonchev–Trinajstić information content (AvgIpc) is 3.18. The molecule has 2 N–H and O–H groups in total. The van der Waals surface area contributed by atoms with Crippen molar-refractivity contribution in [3.05, 3.63) is 82.4 Å². The van der Waals surface area contributed by atoms with Crippen molar-refractivity contribution in [3.63, 3.8) is 0 Å². The number of hydrogen-bond acceptors (Lipinski definition) is 5. The highest BCUT2D eigenvalue weighted by Gasteiger charge is 2.21. The van der Waals surface area contributed by atoms with E-state index in [1.165, 1.54) is 18.2 Å². The third kappa shape index (κ3) is 6.34. The van der Waals surface area contributed by atoms with Gasteiger partial charge in [-0.25, -0.2) is 4.39 Å². The number of anilines is 1. The molecule has 33 heavy (non-hydrogen) atoms. The summed E-state index contributed by atoms with van der Waals surface area (Å²) in [6.45, 7) is 5.80.